The maximum atomic E-state index is 5.66. The summed E-state index contributed by atoms with van der Waals surface area (Å²) >= 11 is 0. The molecule has 0 amide bonds. The summed E-state index contributed by atoms with van der Waals surface area (Å²) in [7, 11) is 2.21. The van der Waals surface area contributed by atoms with E-state index in [1.165, 1.54) is 11.1 Å². The van der Waals surface area contributed by atoms with Crippen LogP contribution in [0.15, 0.2) is 12.1 Å². The highest BCUT2D eigenvalue weighted by atomic mass is 16.6. The van der Waals surface area contributed by atoms with E-state index in [0.717, 1.165) is 37.6 Å². The average Bonchev–Trinajstić information content (AvgIpc) is 2.34. The molecule has 2 heterocycles. The highest BCUT2D eigenvalue weighted by molar-refractivity contribution is 5.47. The number of nitrogens with zero attached hydrogens (tertiary/aromatic N) is 1. The molecule has 1 aromatic rings. The van der Waals surface area contributed by atoms with Gasteiger partial charge in [-0.25, -0.2) is 0 Å². The lowest BCUT2D eigenvalue weighted by molar-refractivity contribution is 0.170. The Hall–Kier alpha value is -1.26. The fourth-order valence-corrected chi connectivity index (χ4v) is 2.57. The summed E-state index contributed by atoms with van der Waals surface area (Å²) < 4.78 is 11.3. The summed E-state index contributed by atoms with van der Waals surface area (Å²) in [6.45, 7) is 6.80. The number of benzene rings is 1. The van der Waals surface area contributed by atoms with Gasteiger partial charge in [0, 0.05) is 25.7 Å². The summed E-state index contributed by atoms with van der Waals surface area (Å²) in [6.07, 6.45) is 1.06. The van der Waals surface area contributed by atoms with E-state index < -0.39 is 0 Å². The Morgan fingerprint density at radius 3 is 2.53 bits per heavy atom. The van der Waals surface area contributed by atoms with Crippen LogP contribution in [0.4, 0.5) is 0 Å². The molecule has 0 spiro atoms. The fourth-order valence-electron chi connectivity index (χ4n) is 2.57. The van der Waals surface area contributed by atoms with Crippen LogP contribution < -0.4 is 14.8 Å². The predicted molar refractivity (Wildman–Crippen MR) is 75.2 cm³/mol. The lowest BCUT2D eigenvalue weighted by Gasteiger charge is -2.35. The van der Waals surface area contributed by atoms with E-state index in [1.54, 1.807) is 0 Å². The molecule has 0 aromatic heterocycles. The number of fused-ring (bicyclic) bond motifs is 1. The number of aryl methyl sites for hydroxylation is 1. The van der Waals surface area contributed by atoms with Gasteiger partial charge in [-0.3, -0.25) is 0 Å². The smallest absolute Gasteiger partial charge is 0.161 e. The second-order valence-electron chi connectivity index (χ2n) is 5.47. The molecule has 0 saturated carbocycles. The number of hydrogen-bond donors (Lipinski definition) is 1. The van der Waals surface area contributed by atoms with E-state index in [2.05, 4.69) is 36.3 Å². The Kier molecular flexibility index (Phi) is 3.62. The van der Waals surface area contributed by atoms with Gasteiger partial charge in [0.05, 0.1) is 0 Å². The van der Waals surface area contributed by atoms with E-state index in [4.69, 9.17) is 9.47 Å². The molecular formula is C15H22N2O2. The first-order valence-electron chi connectivity index (χ1n) is 7.04. The van der Waals surface area contributed by atoms with Crippen molar-refractivity contribution >= 4 is 0 Å². The molecular weight excluding hydrogens is 240 g/mol. The number of likely N-dealkylation sites (N-methyl/N-ethyl adjacent to an activating group) is 1. The van der Waals surface area contributed by atoms with Gasteiger partial charge in [0.15, 0.2) is 11.5 Å². The first-order chi connectivity index (χ1) is 9.24. The molecule has 0 bridgehead atoms. The van der Waals surface area contributed by atoms with Crippen LogP contribution >= 0.6 is 0 Å². The second-order valence-corrected chi connectivity index (χ2v) is 5.47. The molecule has 2 aliphatic heterocycles. The lowest BCUT2D eigenvalue weighted by Crippen LogP contribution is -2.56. The van der Waals surface area contributed by atoms with E-state index in [-0.39, 0.29) is 0 Å². The van der Waals surface area contributed by atoms with E-state index in [1.807, 2.05) is 0 Å². The van der Waals surface area contributed by atoms with Gasteiger partial charge in [0.25, 0.3) is 0 Å². The van der Waals surface area contributed by atoms with Gasteiger partial charge >= 0.3 is 0 Å². The molecule has 4 nitrogen and oxygen atoms in total. The molecule has 1 saturated heterocycles. The van der Waals surface area contributed by atoms with Crippen molar-refractivity contribution in [3.05, 3.63) is 23.3 Å². The Morgan fingerprint density at radius 2 is 1.89 bits per heavy atom. The Bertz CT molecular complexity index is 458. The van der Waals surface area contributed by atoms with Crippen molar-refractivity contribution < 1.29 is 9.47 Å². The summed E-state index contributed by atoms with van der Waals surface area (Å²) in [6, 6.07) is 4.96. The van der Waals surface area contributed by atoms with Gasteiger partial charge in [-0.15, -0.1) is 0 Å². The maximum absolute atomic E-state index is 5.66. The number of rotatable bonds is 4. The zero-order valence-corrected chi connectivity index (χ0v) is 11.7. The van der Waals surface area contributed by atoms with Gasteiger partial charge in [-0.05, 0) is 43.7 Å². The van der Waals surface area contributed by atoms with Crippen LogP contribution in [-0.4, -0.2) is 50.8 Å². The van der Waals surface area contributed by atoms with Crippen LogP contribution in [0.25, 0.3) is 0 Å². The van der Waals surface area contributed by atoms with Gasteiger partial charge in [0.2, 0.25) is 0 Å². The van der Waals surface area contributed by atoms with Crippen molar-refractivity contribution in [2.75, 3.05) is 39.9 Å². The third kappa shape index (κ3) is 2.69. The number of nitrogens with one attached hydrogen (secondary N) is 1. The zero-order chi connectivity index (χ0) is 13.2. The molecule has 1 aromatic carbocycles. The topological polar surface area (TPSA) is 33.7 Å². The Balaban J connectivity index is 1.66. The molecule has 19 heavy (non-hydrogen) atoms. The molecule has 1 fully saturated rings. The highest BCUT2D eigenvalue weighted by Crippen LogP contribution is 2.33. The molecule has 0 radical (unpaired) electrons. The van der Waals surface area contributed by atoms with Crippen LogP contribution in [0.1, 0.15) is 11.1 Å². The third-order valence-corrected chi connectivity index (χ3v) is 4.12. The monoisotopic (exact) mass is 262 g/mol. The van der Waals surface area contributed by atoms with Crippen LogP contribution in [0.2, 0.25) is 0 Å². The minimum atomic E-state index is 0.656. The fraction of sp³-hybridized carbons (Fsp3) is 0.600. The minimum absolute atomic E-state index is 0.656. The van der Waals surface area contributed by atoms with Crippen molar-refractivity contribution in [1.82, 2.24) is 10.2 Å². The van der Waals surface area contributed by atoms with Crippen LogP contribution in [0.3, 0.4) is 0 Å². The standard InChI is InChI=1S/C15H22N2O2/c1-11-7-14-15(19-6-5-18-14)8-12(11)3-4-17(2)13-9-16-10-13/h7-8,13,16H,3-6,9-10H2,1-2H3. The zero-order valence-electron chi connectivity index (χ0n) is 11.7. The minimum Gasteiger partial charge on any atom is -0.486 e. The largest absolute Gasteiger partial charge is 0.486 e. The molecule has 0 atom stereocenters. The molecule has 4 heteroatoms. The van der Waals surface area contributed by atoms with Gasteiger partial charge in [-0.2, -0.15) is 0 Å². The van der Waals surface area contributed by atoms with Gasteiger partial charge in [0.1, 0.15) is 13.2 Å². The first-order valence-corrected chi connectivity index (χ1v) is 7.04. The summed E-state index contributed by atoms with van der Waals surface area (Å²) in [4.78, 5) is 2.44. The lowest BCUT2D eigenvalue weighted by atomic mass is 10.0. The normalized spacial score (nSPS) is 18.5. The molecule has 104 valence electrons. The van der Waals surface area contributed by atoms with Crippen molar-refractivity contribution in [3.8, 4) is 11.5 Å². The molecule has 0 aliphatic carbocycles. The van der Waals surface area contributed by atoms with Crippen LogP contribution in [0.5, 0.6) is 11.5 Å². The molecule has 0 unspecified atom stereocenters. The van der Waals surface area contributed by atoms with E-state index in [0.29, 0.717) is 19.3 Å². The van der Waals surface area contributed by atoms with Crippen molar-refractivity contribution in [2.45, 2.75) is 19.4 Å². The number of ether oxygens (including phenoxy) is 2. The summed E-state index contributed by atoms with van der Waals surface area (Å²) in [5.74, 6) is 1.80. The van der Waals surface area contributed by atoms with Crippen molar-refractivity contribution in [2.24, 2.45) is 0 Å². The van der Waals surface area contributed by atoms with Crippen LogP contribution in [-0.2, 0) is 6.42 Å². The molecule has 3 rings (SSSR count). The van der Waals surface area contributed by atoms with Crippen molar-refractivity contribution in [3.63, 3.8) is 0 Å². The molecule has 2 aliphatic rings. The Labute approximate surface area is 114 Å². The summed E-state index contributed by atoms with van der Waals surface area (Å²) in [5.41, 5.74) is 2.66. The quantitative estimate of drug-likeness (QED) is 0.884. The van der Waals surface area contributed by atoms with Gasteiger partial charge < -0.3 is 19.7 Å². The summed E-state index contributed by atoms with van der Waals surface area (Å²) in [5, 5.41) is 3.31. The van der Waals surface area contributed by atoms with E-state index >= 15 is 0 Å². The van der Waals surface area contributed by atoms with E-state index in [9.17, 15) is 0 Å². The van der Waals surface area contributed by atoms with Gasteiger partial charge in [-0.1, -0.05) is 0 Å². The van der Waals surface area contributed by atoms with Crippen molar-refractivity contribution in [1.29, 1.82) is 0 Å². The Morgan fingerprint density at radius 1 is 1.21 bits per heavy atom. The number of hydrogen-bond acceptors (Lipinski definition) is 4. The highest BCUT2D eigenvalue weighted by Gasteiger charge is 2.21. The molecule has 1 N–H and O–H groups in total. The maximum Gasteiger partial charge on any atom is 0.161 e. The third-order valence-electron chi connectivity index (χ3n) is 4.12. The first kappa shape index (κ1) is 12.8. The SMILES string of the molecule is Cc1cc2c(cc1CCN(C)C1CNC1)OCCO2. The van der Waals surface area contributed by atoms with Crippen LogP contribution in [0, 0.1) is 6.92 Å². The second kappa shape index (κ2) is 5.39. The average molecular weight is 262 g/mol. The predicted octanol–water partition coefficient (Wildman–Crippen LogP) is 1.21.